The van der Waals surface area contributed by atoms with Crippen LogP contribution in [0.15, 0.2) is 59.1 Å². The highest BCUT2D eigenvalue weighted by Crippen LogP contribution is 2.21. The third-order valence-corrected chi connectivity index (χ3v) is 3.11. The van der Waals surface area contributed by atoms with Gasteiger partial charge in [0.1, 0.15) is 17.2 Å². The molecule has 0 aliphatic carbocycles. The molecule has 0 bridgehead atoms. The van der Waals surface area contributed by atoms with Crippen LogP contribution >= 0.6 is 0 Å². The Balaban J connectivity index is 1.84. The molecule has 0 spiro atoms. The monoisotopic (exact) mass is 306 g/mol. The summed E-state index contributed by atoms with van der Waals surface area (Å²) in [7, 11) is 0. The zero-order valence-electron chi connectivity index (χ0n) is 11.8. The highest BCUT2D eigenvalue weighted by molar-refractivity contribution is 5.80. The Morgan fingerprint density at radius 3 is 2.65 bits per heavy atom. The van der Waals surface area contributed by atoms with E-state index in [0.29, 0.717) is 16.8 Å². The maximum absolute atomic E-state index is 10.6. The van der Waals surface area contributed by atoms with E-state index < -0.39 is 4.92 Å². The van der Waals surface area contributed by atoms with E-state index in [2.05, 4.69) is 10.3 Å². The van der Waals surface area contributed by atoms with E-state index >= 15 is 0 Å². The van der Waals surface area contributed by atoms with Gasteiger partial charge in [-0.25, -0.2) is 4.98 Å². The minimum absolute atomic E-state index is 0.000938. The van der Waals surface area contributed by atoms with Crippen molar-refractivity contribution in [2.24, 2.45) is 0 Å². The van der Waals surface area contributed by atoms with Gasteiger partial charge in [-0.3, -0.25) is 10.1 Å². The molecule has 1 N–H and O–H groups in total. The van der Waals surface area contributed by atoms with Crippen molar-refractivity contribution in [3.63, 3.8) is 0 Å². The van der Waals surface area contributed by atoms with Gasteiger partial charge in [-0.15, -0.1) is 0 Å². The molecule has 7 nitrogen and oxygen atoms in total. The Morgan fingerprint density at radius 2 is 2.00 bits per heavy atom. The molecule has 0 amide bonds. The highest BCUT2D eigenvalue weighted by Gasteiger charge is 2.10. The Labute approximate surface area is 130 Å². The third-order valence-electron chi connectivity index (χ3n) is 3.11. The number of oxazole rings is 1. The van der Waals surface area contributed by atoms with E-state index in [-0.39, 0.29) is 17.2 Å². The zero-order valence-corrected chi connectivity index (χ0v) is 11.8. The number of aromatic nitrogens is 1. The second kappa shape index (κ2) is 5.99. The molecule has 3 aromatic rings. The molecule has 3 rings (SSSR count). The first-order chi connectivity index (χ1) is 11.2. The number of fused-ring (bicyclic) bond motifs is 1. The number of anilines is 1. The quantitative estimate of drug-likeness (QED) is 0.447. The van der Waals surface area contributed by atoms with E-state index in [1.807, 2.05) is 18.2 Å². The Bertz CT molecular complexity index is 903. The second-order valence-electron chi connectivity index (χ2n) is 4.60. The standard InChI is InChI=1S/C16H10N4O3/c17-9-11(16-19-14-3-1-2-4-15(14)23-16)10-18-12-5-7-13(8-6-12)20(21)22/h1-8,10,18H. The van der Waals surface area contributed by atoms with Crippen LogP contribution < -0.4 is 5.32 Å². The Morgan fingerprint density at radius 1 is 1.26 bits per heavy atom. The average Bonchev–Trinajstić information content (AvgIpc) is 2.99. The number of rotatable bonds is 4. The van der Waals surface area contributed by atoms with Crippen LogP contribution in [0.4, 0.5) is 11.4 Å². The number of nitrogens with one attached hydrogen (secondary N) is 1. The Hall–Kier alpha value is -3.66. The summed E-state index contributed by atoms with van der Waals surface area (Å²) in [5.74, 6) is 0.211. The molecule has 7 heteroatoms. The predicted octanol–water partition coefficient (Wildman–Crippen LogP) is 3.71. The van der Waals surface area contributed by atoms with Crippen LogP contribution in [-0.2, 0) is 0 Å². The van der Waals surface area contributed by atoms with Gasteiger partial charge < -0.3 is 9.73 Å². The molecule has 0 saturated carbocycles. The fraction of sp³-hybridized carbons (Fsp3) is 0. The lowest BCUT2D eigenvalue weighted by atomic mass is 10.2. The number of allylic oxidation sites excluding steroid dienone is 1. The fourth-order valence-electron chi connectivity index (χ4n) is 1.96. The maximum Gasteiger partial charge on any atom is 0.269 e. The van der Waals surface area contributed by atoms with Gasteiger partial charge in [-0.1, -0.05) is 12.1 Å². The predicted molar refractivity (Wildman–Crippen MR) is 84.3 cm³/mol. The first-order valence-corrected chi connectivity index (χ1v) is 6.64. The van der Waals surface area contributed by atoms with Crippen LogP contribution in [0.2, 0.25) is 0 Å². The molecule has 0 aliphatic heterocycles. The van der Waals surface area contributed by atoms with Gasteiger partial charge in [-0.2, -0.15) is 5.26 Å². The summed E-state index contributed by atoms with van der Waals surface area (Å²) in [6, 6.07) is 15.1. The van der Waals surface area contributed by atoms with Gasteiger partial charge in [0.2, 0.25) is 5.89 Å². The molecule has 0 radical (unpaired) electrons. The van der Waals surface area contributed by atoms with Crippen molar-refractivity contribution in [3.05, 3.63) is 70.7 Å². The summed E-state index contributed by atoms with van der Waals surface area (Å²) in [4.78, 5) is 14.4. The molecule has 112 valence electrons. The summed E-state index contributed by atoms with van der Waals surface area (Å²) in [6.07, 6.45) is 1.45. The lowest BCUT2D eigenvalue weighted by Crippen LogP contribution is -1.92. The second-order valence-corrected chi connectivity index (χ2v) is 4.60. The lowest BCUT2D eigenvalue weighted by molar-refractivity contribution is -0.384. The van der Waals surface area contributed by atoms with Crippen LogP contribution in [0.25, 0.3) is 16.7 Å². The number of nitro groups is 1. The van der Waals surface area contributed by atoms with Crippen LogP contribution in [0, 0.1) is 21.4 Å². The molecule has 1 aromatic heterocycles. The lowest BCUT2D eigenvalue weighted by Gasteiger charge is -2.00. The van der Waals surface area contributed by atoms with Crippen LogP contribution in [0.5, 0.6) is 0 Å². The van der Waals surface area contributed by atoms with Crippen molar-refractivity contribution in [2.75, 3.05) is 5.32 Å². The van der Waals surface area contributed by atoms with E-state index in [4.69, 9.17) is 4.42 Å². The van der Waals surface area contributed by atoms with Crippen LogP contribution in [-0.4, -0.2) is 9.91 Å². The first-order valence-electron chi connectivity index (χ1n) is 6.64. The fourth-order valence-corrected chi connectivity index (χ4v) is 1.96. The molecular weight excluding hydrogens is 296 g/mol. The molecule has 1 heterocycles. The number of para-hydroxylation sites is 2. The van der Waals surface area contributed by atoms with Crippen molar-refractivity contribution in [1.82, 2.24) is 4.98 Å². The van der Waals surface area contributed by atoms with E-state index in [0.717, 1.165) is 0 Å². The summed E-state index contributed by atoms with van der Waals surface area (Å²) in [5.41, 5.74) is 2.09. The molecule has 2 aromatic carbocycles. The molecule has 0 saturated heterocycles. The van der Waals surface area contributed by atoms with Crippen molar-refractivity contribution in [3.8, 4) is 6.07 Å². The molecular formula is C16H10N4O3. The van der Waals surface area contributed by atoms with Gasteiger partial charge in [0, 0.05) is 24.0 Å². The molecule has 0 aliphatic rings. The molecule has 23 heavy (non-hydrogen) atoms. The smallest absolute Gasteiger partial charge is 0.269 e. The highest BCUT2D eigenvalue weighted by atomic mass is 16.6. The Kier molecular flexibility index (Phi) is 3.72. The molecule has 0 atom stereocenters. The van der Waals surface area contributed by atoms with E-state index in [9.17, 15) is 15.4 Å². The van der Waals surface area contributed by atoms with Crippen molar-refractivity contribution in [1.29, 1.82) is 5.26 Å². The van der Waals surface area contributed by atoms with Gasteiger partial charge in [0.05, 0.1) is 4.92 Å². The van der Waals surface area contributed by atoms with Crippen molar-refractivity contribution < 1.29 is 9.34 Å². The van der Waals surface area contributed by atoms with Crippen molar-refractivity contribution in [2.45, 2.75) is 0 Å². The van der Waals surface area contributed by atoms with Gasteiger partial charge in [0.25, 0.3) is 5.69 Å². The van der Waals surface area contributed by atoms with Crippen molar-refractivity contribution >= 4 is 28.0 Å². The zero-order chi connectivity index (χ0) is 16.2. The number of nitro benzene ring substituents is 1. The normalized spacial score (nSPS) is 11.2. The number of hydrogen-bond acceptors (Lipinski definition) is 6. The number of hydrogen-bond donors (Lipinski definition) is 1. The number of non-ortho nitro benzene ring substituents is 1. The number of nitrogens with zero attached hydrogens (tertiary/aromatic N) is 3. The summed E-state index contributed by atoms with van der Waals surface area (Å²) in [5, 5.41) is 22.8. The summed E-state index contributed by atoms with van der Waals surface area (Å²) in [6.45, 7) is 0. The number of nitriles is 1. The minimum Gasteiger partial charge on any atom is -0.435 e. The maximum atomic E-state index is 10.6. The van der Waals surface area contributed by atoms with Crippen LogP contribution in [0.3, 0.4) is 0 Å². The molecule has 0 unspecified atom stereocenters. The minimum atomic E-state index is -0.474. The first kappa shape index (κ1) is 14.3. The number of benzene rings is 2. The topological polar surface area (TPSA) is 105 Å². The van der Waals surface area contributed by atoms with Gasteiger partial charge in [-0.05, 0) is 24.3 Å². The third kappa shape index (κ3) is 3.01. The van der Waals surface area contributed by atoms with Gasteiger partial charge in [0.15, 0.2) is 5.58 Å². The van der Waals surface area contributed by atoms with Crippen LogP contribution in [0.1, 0.15) is 5.89 Å². The summed E-state index contributed by atoms with van der Waals surface area (Å²) >= 11 is 0. The SMILES string of the molecule is N#CC(=CNc1ccc([N+](=O)[O-])cc1)c1nc2ccccc2o1. The van der Waals surface area contributed by atoms with Gasteiger partial charge >= 0.3 is 0 Å². The molecule has 0 fully saturated rings. The van der Waals surface area contributed by atoms with E-state index in [1.165, 1.54) is 18.3 Å². The van der Waals surface area contributed by atoms with E-state index in [1.54, 1.807) is 24.3 Å². The summed E-state index contributed by atoms with van der Waals surface area (Å²) < 4.78 is 5.53. The average molecular weight is 306 g/mol. The largest absolute Gasteiger partial charge is 0.435 e.